The summed E-state index contributed by atoms with van der Waals surface area (Å²) < 4.78 is 5.81. The van der Waals surface area contributed by atoms with Crippen LogP contribution in [-0.4, -0.2) is 4.98 Å². The van der Waals surface area contributed by atoms with Crippen molar-refractivity contribution in [1.82, 2.24) is 4.98 Å². The summed E-state index contributed by atoms with van der Waals surface area (Å²) in [5.74, 6) is 0.819. The van der Waals surface area contributed by atoms with E-state index in [4.69, 9.17) is 10.5 Å². The van der Waals surface area contributed by atoms with E-state index in [1.54, 1.807) is 0 Å². The normalized spacial score (nSPS) is 12.3. The molecule has 0 aliphatic heterocycles. The van der Waals surface area contributed by atoms with E-state index in [-0.39, 0.29) is 6.04 Å². The van der Waals surface area contributed by atoms with Gasteiger partial charge in [-0.25, -0.2) is 4.98 Å². The van der Waals surface area contributed by atoms with Gasteiger partial charge in [0, 0.05) is 11.4 Å². The summed E-state index contributed by atoms with van der Waals surface area (Å²) in [7, 11) is 0. The zero-order valence-corrected chi connectivity index (χ0v) is 12.0. The number of rotatable bonds is 4. The van der Waals surface area contributed by atoms with Crippen molar-refractivity contribution in [2.24, 2.45) is 5.73 Å². The quantitative estimate of drug-likeness (QED) is 0.789. The van der Waals surface area contributed by atoms with Gasteiger partial charge in [-0.15, -0.1) is 0 Å². The Morgan fingerprint density at radius 3 is 2.76 bits per heavy atom. The van der Waals surface area contributed by atoms with Crippen molar-refractivity contribution in [3.63, 3.8) is 0 Å². The number of hydrogen-bond acceptors (Lipinski definition) is 3. The summed E-state index contributed by atoms with van der Waals surface area (Å²) in [5, 5.41) is 1.14. The number of para-hydroxylation sites is 1. The molecular formula is C18H18N2O. The SMILES string of the molecule is C[C@H](N)c1cccc(OCc2ccc3ccccc3n2)c1. The summed E-state index contributed by atoms with van der Waals surface area (Å²) in [4.78, 5) is 4.60. The Morgan fingerprint density at radius 1 is 1.05 bits per heavy atom. The fourth-order valence-electron chi connectivity index (χ4n) is 2.23. The standard InChI is InChI=1S/C18H18N2O/c1-13(19)15-6-4-7-17(11-15)21-12-16-10-9-14-5-2-3-8-18(14)20-16/h2-11,13H,12,19H2,1H3/t13-/m0/s1. The number of nitrogens with two attached hydrogens (primary N) is 1. The second kappa shape index (κ2) is 5.94. The lowest BCUT2D eigenvalue weighted by Gasteiger charge is -2.10. The smallest absolute Gasteiger partial charge is 0.130 e. The monoisotopic (exact) mass is 278 g/mol. The minimum atomic E-state index is 0.00680. The Bertz CT molecular complexity index is 753. The number of aromatic nitrogens is 1. The van der Waals surface area contributed by atoms with Gasteiger partial charge in [-0.1, -0.05) is 36.4 Å². The maximum absolute atomic E-state index is 5.88. The summed E-state index contributed by atoms with van der Waals surface area (Å²) in [6, 6.07) is 20.0. The molecule has 3 aromatic rings. The summed E-state index contributed by atoms with van der Waals surface area (Å²) >= 11 is 0. The summed E-state index contributed by atoms with van der Waals surface area (Å²) in [6.07, 6.45) is 0. The van der Waals surface area contributed by atoms with Crippen molar-refractivity contribution in [1.29, 1.82) is 0 Å². The minimum absolute atomic E-state index is 0.00680. The molecule has 21 heavy (non-hydrogen) atoms. The number of benzene rings is 2. The van der Waals surface area contributed by atoms with Crippen molar-refractivity contribution in [3.8, 4) is 5.75 Å². The molecule has 1 atom stereocenters. The molecule has 3 heteroatoms. The predicted molar refractivity (Wildman–Crippen MR) is 85.1 cm³/mol. The lowest BCUT2D eigenvalue weighted by Crippen LogP contribution is -2.05. The van der Waals surface area contributed by atoms with Crippen LogP contribution in [0.5, 0.6) is 5.75 Å². The molecule has 3 nitrogen and oxygen atoms in total. The van der Waals surface area contributed by atoms with Crippen LogP contribution in [0.15, 0.2) is 60.7 Å². The molecule has 0 radical (unpaired) electrons. The van der Waals surface area contributed by atoms with Crippen LogP contribution >= 0.6 is 0 Å². The summed E-state index contributed by atoms with van der Waals surface area (Å²) in [5.41, 5.74) is 8.86. The molecule has 3 rings (SSSR count). The first kappa shape index (κ1) is 13.6. The molecule has 1 heterocycles. The van der Waals surface area contributed by atoms with Gasteiger partial charge in [0.15, 0.2) is 0 Å². The second-order valence-corrected chi connectivity index (χ2v) is 5.15. The number of pyridine rings is 1. The molecule has 0 aliphatic rings. The lowest BCUT2D eigenvalue weighted by atomic mass is 10.1. The summed E-state index contributed by atoms with van der Waals surface area (Å²) in [6.45, 7) is 2.41. The van der Waals surface area contributed by atoms with Crippen molar-refractivity contribution < 1.29 is 4.74 Å². The average Bonchev–Trinajstić information content (AvgIpc) is 2.53. The molecule has 0 bridgehead atoms. The van der Waals surface area contributed by atoms with Gasteiger partial charge in [-0.05, 0) is 36.8 Å². The van der Waals surface area contributed by atoms with Crippen LogP contribution in [0.1, 0.15) is 24.2 Å². The van der Waals surface area contributed by atoms with Gasteiger partial charge in [-0.2, -0.15) is 0 Å². The Hall–Kier alpha value is -2.39. The van der Waals surface area contributed by atoms with Gasteiger partial charge in [0.25, 0.3) is 0 Å². The molecule has 0 spiro atoms. The Morgan fingerprint density at radius 2 is 1.90 bits per heavy atom. The van der Waals surface area contributed by atoms with Crippen LogP contribution in [0.3, 0.4) is 0 Å². The largest absolute Gasteiger partial charge is 0.487 e. The van der Waals surface area contributed by atoms with E-state index in [1.165, 1.54) is 0 Å². The fourth-order valence-corrected chi connectivity index (χ4v) is 2.23. The van der Waals surface area contributed by atoms with Crippen molar-refractivity contribution >= 4 is 10.9 Å². The molecule has 106 valence electrons. The molecule has 0 amide bonds. The third-order valence-electron chi connectivity index (χ3n) is 3.43. The number of hydrogen-bond donors (Lipinski definition) is 1. The van der Waals surface area contributed by atoms with E-state index in [2.05, 4.69) is 17.1 Å². The second-order valence-electron chi connectivity index (χ2n) is 5.15. The highest BCUT2D eigenvalue weighted by Crippen LogP contribution is 2.19. The van der Waals surface area contributed by atoms with Gasteiger partial charge in [0.1, 0.15) is 12.4 Å². The minimum Gasteiger partial charge on any atom is -0.487 e. The van der Waals surface area contributed by atoms with E-state index >= 15 is 0 Å². The highest BCUT2D eigenvalue weighted by molar-refractivity contribution is 5.78. The molecule has 1 aromatic heterocycles. The number of nitrogens with zero attached hydrogens (tertiary/aromatic N) is 1. The first-order valence-electron chi connectivity index (χ1n) is 7.05. The average molecular weight is 278 g/mol. The van der Waals surface area contributed by atoms with Crippen LogP contribution in [0, 0.1) is 0 Å². The molecule has 2 aromatic carbocycles. The van der Waals surface area contributed by atoms with E-state index in [0.717, 1.165) is 27.9 Å². The molecule has 2 N–H and O–H groups in total. The third-order valence-corrected chi connectivity index (χ3v) is 3.43. The van der Waals surface area contributed by atoms with Crippen LogP contribution in [-0.2, 0) is 6.61 Å². The molecule has 0 saturated heterocycles. The van der Waals surface area contributed by atoms with Crippen LogP contribution in [0.25, 0.3) is 10.9 Å². The number of fused-ring (bicyclic) bond motifs is 1. The molecule has 0 unspecified atom stereocenters. The highest BCUT2D eigenvalue weighted by atomic mass is 16.5. The topological polar surface area (TPSA) is 48.1 Å². The zero-order valence-electron chi connectivity index (χ0n) is 12.0. The van der Waals surface area contributed by atoms with Crippen molar-refractivity contribution in [2.45, 2.75) is 19.6 Å². The molecule has 0 saturated carbocycles. The number of ether oxygens (including phenoxy) is 1. The molecule has 0 fully saturated rings. The first-order valence-corrected chi connectivity index (χ1v) is 7.05. The Labute approximate surface area is 124 Å². The maximum Gasteiger partial charge on any atom is 0.130 e. The Kier molecular flexibility index (Phi) is 3.84. The van der Waals surface area contributed by atoms with E-state index in [9.17, 15) is 0 Å². The highest BCUT2D eigenvalue weighted by Gasteiger charge is 2.03. The maximum atomic E-state index is 5.88. The molecule has 0 aliphatic carbocycles. The van der Waals surface area contributed by atoms with Gasteiger partial charge in [0.2, 0.25) is 0 Å². The lowest BCUT2D eigenvalue weighted by molar-refractivity contribution is 0.301. The van der Waals surface area contributed by atoms with E-state index in [0.29, 0.717) is 6.61 Å². The van der Waals surface area contributed by atoms with Crippen LogP contribution in [0.4, 0.5) is 0 Å². The van der Waals surface area contributed by atoms with Gasteiger partial charge in [0.05, 0.1) is 11.2 Å². The van der Waals surface area contributed by atoms with Crippen LogP contribution < -0.4 is 10.5 Å². The fraction of sp³-hybridized carbons (Fsp3) is 0.167. The Balaban J connectivity index is 1.75. The van der Waals surface area contributed by atoms with Gasteiger partial charge < -0.3 is 10.5 Å². The zero-order chi connectivity index (χ0) is 14.7. The van der Waals surface area contributed by atoms with Gasteiger partial charge >= 0.3 is 0 Å². The van der Waals surface area contributed by atoms with Gasteiger partial charge in [-0.3, -0.25) is 0 Å². The van der Waals surface area contributed by atoms with Crippen LogP contribution in [0.2, 0.25) is 0 Å². The third kappa shape index (κ3) is 3.20. The molecular weight excluding hydrogens is 260 g/mol. The van der Waals surface area contributed by atoms with E-state index < -0.39 is 0 Å². The predicted octanol–water partition coefficient (Wildman–Crippen LogP) is 3.83. The van der Waals surface area contributed by atoms with Crippen molar-refractivity contribution in [2.75, 3.05) is 0 Å². The first-order chi connectivity index (χ1) is 10.2. The van der Waals surface area contributed by atoms with Crippen molar-refractivity contribution in [3.05, 3.63) is 71.9 Å². The van der Waals surface area contributed by atoms with E-state index in [1.807, 2.05) is 55.5 Å².